The molecule has 1 aromatic rings. The fourth-order valence-corrected chi connectivity index (χ4v) is 4.53. The molecule has 6 heteroatoms. The Kier molecular flexibility index (Phi) is 5.49. The van der Waals surface area contributed by atoms with Crippen LogP contribution in [0.3, 0.4) is 0 Å². The molecular weight excluding hydrogens is 316 g/mol. The Balaban J connectivity index is 1.68. The maximum absolute atomic E-state index is 13.1. The average molecular weight is 348 g/mol. The Morgan fingerprint density at radius 1 is 1.24 bits per heavy atom. The van der Waals surface area contributed by atoms with Gasteiger partial charge < -0.3 is 9.64 Å². The highest BCUT2D eigenvalue weighted by Crippen LogP contribution is 2.40. The number of aryl methyl sites for hydroxylation is 2. The molecule has 1 aromatic heterocycles. The van der Waals surface area contributed by atoms with Gasteiger partial charge in [-0.15, -0.1) is 0 Å². The Hall–Kier alpha value is -1.40. The van der Waals surface area contributed by atoms with E-state index in [1.807, 2.05) is 4.90 Å². The molecule has 25 heavy (non-hydrogen) atoms. The number of ether oxygens (including phenoxy) is 1. The predicted octanol–water partition coefficient (Wildman–Crippen LogP) is 1.98. The summed E-state index contributed by atoms with van der Waals surface area (Å²) in [6, 6.07) is 0. The third-order valence-corrected chi connectivity index (χ3v) is 6.04. The number of aromatic nitrogens is 2. The zero-order valence-electron chi connectivity index (χ0n) is 16.2. The van der Waals surface area contributed by atoms with Gasteiger partial charge in [-0.05, 0) is 46.6 Å². The average Bonchev–Trinajstić information content (AvgIpc) is 3.13. The summed E-state index contributed by atoms with van der Waals surface area (Å²) in [4.78, 5) is 17.5. The summed E-state index contributed by atoms with van der Waals surface area (Å²) in [5.41, 5.74) is 3.54. The monoisotopic (exact) mass is 348 g/mol. The molecule has 1 spiro atoms. The summed E-state index contributed by atoms with van der Waals surface area (Å²) in [6.07, 6.45) is 3.11. The molecule has 140 valence electrons. The Morgan fingerprint density at radius 2 is 2.04 bits per heavy atom. The first-order valence-corrected chi connectivity index (χ1v) is 9.54. The number of nitrogens with zero attached hydrogens (tertiary/aromatic N) is 4. The second-order valence-corrected chi connectivity index (χ2v) is 7.59. The van der Waals surface area contributed by atoms with E-state index in [0.29, 0.717) is 12.5 Å². The minimum atomic E-state index is -0.172. The number of likely N-dealkylation sites (tertiary alicyclic amines) is 2. The van der Waals surface area contributed by atoms with E-state index in [0.717, 1.165) is 64.2 Å². The lowest BCUT2D eigenvalue weighted by atomic mass is 9.78. The van der Waals surface area contributed by atoms with Gasteiger partial charge in [-0.1, -0.05) is 0 Å². The molecule has 2 saturated heterocycles. The van der Waals surface area contributed by atoms with Crippen LogP contribution in [0.2, 0.25) is 0 Å². The molecule has 0 radical (unpaired) electrons. The van der Waals surface area contributed by atoms with Gasteiger partial charge in [0.25, 0.3) is 0 Å². The summed E-state index contributed by atoms with van der Waals surface area (Å²) in [5.74, 6) is 0.344. The van der Waals surface area contributed by atoms with E-state index in [4.69, 9.17) is 4.74 Å². The van der Waals surface area contributed by atoms with Crippen molar-refractivity contribution in [1.29, 1.82) is 0 Å². The lowest BCUT2D eigenvalue weighted by Crippen LogP contribution is -2.50. The zero-order valence-corrected chi connectivity index (χ0v) is 16.2. The summed E-state index contributed by atoms with van der Waals surface area (Å²) in [5, 5.41) is 4.64. The largest absolute Gasteiger partial charge is 0.383 e. The smallest absolute Gasteiger partial charge is 0.230 e. The van der Waals surface area contributed by atoms with Crippen molar-refractivity contribution in [2.75, 3.05) is 39.9 Å². The van der Waals surface area contributed by atoms with Crippen molar-refractivity contribution in [2.45, 2.75) is 53.1 Å². The summed E-state index contributed by atoms with van der Waals surface area (Å²) >= 11 is 0. The van der Waals surface area contributed by atoms with Crippen LogP contribution in [-0.4, -0.2) is 65.4 Å². The molecular formula is C19H32N4O2. The van der Waals surface area contributed by atoms with Crippen LogP contribution in [0.5, 0.6) is 0 Å². The molecule has 1 unspecified atom stereocenters. The summed E-state index contributed by atoms with van der Waals surface area (Å²) in [6.45, 7) is 12.3. The normalized spacial score (nSPS) is 24.6. The highest BCUT2D eigenvalue weighted by Gasteiger charge is 2.48. The molecule has 1 amide bonds. The number of rotatable bonds is 6. The fraction of sp³-hybridized carbons (Fsp3) is 0.789. The number of hydrogen-bond donors (Lipinski definition) is 0. The topological polar surface area (TPSA) is 50.6 Å². The molecule has 2 fully saturated rings. The van der Waals surface area contributed by atoms with Crippen LogP contribution in [0.15, 0.2) is 0 Å². The number of carbonyl (C=O) groups excluding carboxylic acids is 1. The van der Waals surface area contributed by atoms with Gasteiger partial charge in [0, 0.05) is 51.1 Å². The molecule has 0 saturated carbocycles. The number of hydrogen-bond acceptors (Lipinski definition) is 4. The maximum Gasteiger partial charge on any atom is 0.230 e. The quantitative estimate of drug-likeness (QED) is 0.789. The van der Waals surface area contributed by atoms with Crippen LogP contribution in [0.25, 0.3) is 0 Å². The van der Waals surface area contributed by atoms with Crippen LogP contribution >= 0.6 is 0 Å². The molecule has 2 aliphatic heterocycles. The number of piperidine rings is 1. The standard InChI is InChI=1S/C19H32N4O2/c1-5-23-16(3)17(15(2)20-23)13-21-10-8-19(14-21)7-6-9-22(18(19)24)11-12-25-4/h5-14H2,1-4H3. The first-order valence-electron chi connectivity index (χ1n) is 9.54. The highest BCUT2D eigenvalue weighted by atomic mass is 16.5. The molecule has 0 aromatic carbocycles. The van der Waals surface area contributed by atoms with E-state index in [1.54, 1.807) is 7.11 Å². The van der Waals surface area contributed by atoms with Crippen molar-refractivity contribution in [3.63, 3.8) is 0 Å². The van der Waals surface area contributed by atoms with E-state index in [9.17, 15) is 4.79 Å². The first-order chi connectivity index (χ1) is 12.0. The second kappa shape index (κ2) is 7.46. The van der Waals surface area contributed by atoms with Crippen LogP contribution in [0, 0.1) is 19.3 Å². The van der Waals surface area contributed by atoms with Crippen molar-refractivity contribution in [1.82, 2.24) is 19.6 Å². The molecule has 0 aliphatic carbocycles. The lowest BCUT2D eigenvalue weighted by Gasteiger charge is -2.39. The molecule has 0 bridgehead atoms. The van der Waals surface area contributed by atoms with E-state index in [-0.39, 0.29) is 5.41 Å². The fourth-order valence-electron chi connectivity index (χ4n) is 4.53. The number of amides is 1. The minimum absolute atomic E-state index is 0.172. The number of carbonyl (C=O) groups is 1. The van der Waals surface area contributed by atoms with E-state index in [2.05, 4.69) is 35.5 Å². The Labute approximate surface area is 151 Å². The van der Waals surface area contributed by atoms with Crippen LogP contribution < -0.4 is 0 Å². The Morgan fingerprint density at radius 3 is 2.72 bits per heavy atom. The van der Waals surface area contributed by atoms with E-state index in [1.165, 1.54) is 11.3 Å². The lowest BCUT2D eigenvalue weighted by molar-refractivity contribution is -0.146. The van der Waals surface area contributed by atoms with Crippen LogP contribution in [0.1, 0.15) is 43.1 Å². The van der Waals surface area contributed by atoms with Gasteiger partial charge in [0.2, 0.25) is 5.91 Å². The van der Waals surface area contributed by atoms with Gasteiger partial charge in [0.1, 0.15) is 0 Å². The SMILES string of the molecule is CCn1nc(C)c(CN2CCC3(CCCN(CCOC)C3=O)C2)c1C. The van der Waals surface area contributed by atoms with E-state index >= 15 is 0 Å². The van der Waals surface area contributed by atoms with Gasteiger partial charge >= 0.3 is 0 Å². The van der Waals surface area contributed by atoms with Crippen molar-refractivity contribution >= 4 is 5.91 Å². The van der Waals surface area contributed by atoms with Gasteiger partial charge in [-0.25, -0.2) is 0 Å². The molecule has 6 nitrogen and oxygen atoms in total. The maximum atomic E-state index is 13.1. The number of methoxy groups -OCH3 is 1. The molecule has 3 heterocycles. The van der Waals surface area contributed by atoms with Crippen LogP contribution in [-0.2, 0) is 22.6 Å². The molecule has 2 aliphatic rings. The van der Waals surface area contributed by atoms with Gasteiger partial charge in [-0.2, -0.15) is 5.10 Å². The third kappa shape index (κ3) is 3.47. The minimum Gasteiger partial charge on any atom is -0.383 e. The molecule has 0 N–H and O–H groups in total. The second-order valence-electron chi connectivity index (χ2n) is 7.59. The molecule has 1 atom stereocenters. The zero-order chi connectivity index (χ0) is 18.0. The third-order valence-electron chi connectivity index (χ3n) is 6.04. The van der Waals surface area contributed by atoms with Crippen LogP contribution in [0.4, 0.5) is 0 Å². The Bertz CT molecular complexity index is 627. The van der Waals surface area contributed by atoms with E-state index < -0.39 is 0 Å². The van der Waals surface area contributed by atoms with Crippen molar-refractivity contribution in [2.24, 2.45) is 5.41 Å². The van der Waals surface area contributed by atoms with Crippen molar-refractivity contribution < 1.29 is 9.53 Å². The van der Waals surface area contributed by atoms with Gasteiger partial charge in [-0.3, -0.25) is 14.4 Å². The summed E-state index contributed by atoms with van der Waals surface area (Å²) < 4.78 is 7.25. The molecule has 3 rings (SSSR count). The summed E-state index contributed by atoms with van der Waals surface area (Å²) in [7, 11) is 1.70. The van der Waals surface area contributed by atoms with Crippen molar-refractivity contribution in [3.8, 4) is 0 Å². The highest BCUT2D eigenvalue weighted by molar-refractivity contribution is 5.84. The van der Waals surface area contributed by atoms with Crippen molar-refractivity contribution in [3.05, 3.63) is 17.0 Å². The van der Waals surface area contributed by atoms with Gasteiger partial charge in [0.05, 0.1) is 17.7 Å². The first kappa shape index (κ1) is 18.4. The van der Waals surface area contributed by atoms with Gasteiger partial charge in [0.15, 0.2) is 0 Å². The predicted molar refractivity (Wildman–Crippen MR) is 97.4 cm³/mol.